The van der Waals surface area contributed by atoms with E-state index in [9.17, 15) is 13.2 Å². The first-order chi connectivity index (χ1) is 6.87. The Bertz CT molecular complexity index is 286. The van der Waals surface area contributed by atoms with Gasteiger partial charge in [0.25, 0.3) is 0 Å². The normalized spacial score (nSPS) is 11.7. The fourth-order valence-corrected chi connectivity index (χ4v) is 1.55. The zero-order valence-electron chi connectivity index (χ0n) is 9.54. The molecule has 0 saturated heterocycles. The van der Waals surface area contributed by atoms with Gasteiger partial charge in [-0.05, 0) is 0 Å². The summed E-state index contributed by atoms with van der Waals surface area (Å²) in [4.78, 5) is 11.2. The lowest BCUT2D eigenvalue weighted by atomic mass is 10.4. The first-order valence-electron chi connectivity index (χ1n) is 5.08. The zero-order valence-corrected chi connectivity index (χ0v) is 10.4. The van der Waals surface area contributed by atoms with Gasteiger partial charge in [0.15, 0.2) is 9.84 Å². The summed E-state index contributed by atoms with van der Waals surface area (Å²) in [6.07, 6.45) is 0. The summed E-state index contributed by atoms with van der Waals surface area (Å²) in [6.45, 7) is 5.89. The van der Waals surface area contributed by atoms with E-state index in [1.807, 2.05) is 13.8 Å². The molecule has 0 radical (unpaired) electrons. The highest BCUT2D eigenvalue weighted by Crippen LogP contribution is 1.86. The topological polar surface area (TPSA) is 75.3 Å². The summed E-state index contributed by atoms with van der Waals surface area (Å²) < 4.78 is 22.2. The van der Waals surface area contributed by atoms with Crippen molar-refractivity contribution in [1.29, 1.82) is 0 Å². The lowest BCUT2D eigenvalue weighted by Gasteiger charge is -2.08. The lowest BCUT2D eigenvalue weighted by Crippen LogP contribution is -2.38. The molecule has 0 aliphatic heterocycles. The quantitative estimate of drug-likeness (QED) is 0.627. The molecule has 0 aliphatic rings. The summed E-state index contributed by atoms with van der Waals surface area (Å²) in [7, 11) is -2.98. The van der Waals surface area contributed by atoms with Crippen molar-refractivity contribution >= 4 is 15.7 Å². The van der Waals surface area contributed by atoms with Crippen LogP contribution in [-0.4, -0.2) is 45.0 Å². The Morgan fingerprint density at radius 1 is 1.33 bits per heavy atom. The first kappa shape index (κ1) is 14.4. The maximum absolute atomic E-state index is 11.2. The predicted octanol–water partition coefficient (Wildman–Crippen LogP) is -0.465. The van der Waals surface area contributed by atoms with Crippen molar-refractivity contribution in [2.24, 2.45) is 0 Å². The second-order valence-corrected chi connectivity index (χ2v) is 6.09. The minimum atomic E-state index is -2.98. The maximum Gasteiger partial charge on any atom is 0.233 e. The molecule has 0 unspecified atom stereocenters. The zero-order chi connectivity index (χ0) is 11.9. The van der Waals surface area contributed by atoms with Gasteiger partial charge in [0.05, 0.1) is 12.3 Å². The van der Waals surface area contributed by atoms with Crippen LogP contribution >= 0.6 is 0 Å². The molecular formula is C9H20N2O3S. The number of carbonyl (C=O) groups is 1. The molecule has 0 rings (SSSR count). The van der Waals surface area contributed by atoms with Crippen LogP contribution in [0.1, 0.15) is 20.8 Å². The molecule has 0 aromatic carbocycles. The lowest BCUT2D eigenvalue weighted by molar-refractivity contribution is -0.120. The van der Waals surface area contributed by atoms with E-state index in [1.165, 1.54) is 0 Å². The third kappa shape index (κ3) is 8.38. The number of hydrogen-bond donors (Lipinski definition) is 2. The number of nitrogens with one attached hydrogen (secondary N) is 2. The molecule has 0 fully saturated rings. The van der Waals surface area contributed by atoms with E-state index in [0.29, 0.717) is 0 Å². The van der Waals surface area contributed by atoms with E-state index in [2.05, 4.69) is 10.6 Å². The predicted molar refractivity (Wildman–Crippen MR) is 60.5 cm³/mol. The second-order valence-electron chi connectivity index (χ2n) is 3.62. The Morgan fingerprint density at radius 2 is 1.93 bits per heavy atom. The van der Waals surface area contributed by atoms with Crippen molar-refractivity contribution in [3.05, 3.63) is 0 Å². The fraction of sp³-hybridized carbons (Fsp3) is 0.889. The van der Waals surface area contributed by atoms with E-state index in [-0.39, 0.29) is 36.5 Å². The highest BCUT2D eigenvalue weighted by atomic mass is 32.2. The third-order valence-corrected chi connectivity index (χ3v) is 3.55. The highest BCUT2D eigenvalue weighted by molar-refractivity contribution is 7.91. The Morgan fingerprint density at radius 3 is 2.40 bits per heavy atom. The van der Waals surface area contributed by atoms with Crippen LogP contribution in [0.5, 0.6) is 0 Å². The minimum Gasteiger partial charge on any atom is -0.354 e. The smallest absolute Gasteiger partial charge is 0.233 e. The number of amides is 1. The van der Waals surface area contributed by atoms with Crippen LogP contribution < -0.4 is 10.6 Å². The summed E-state index contributed by atoms with van der Waals surface area (Å²) in [5.74, 6) is -0.0423. The Labute approximate surface area is 91.5 Å². The molecule has 0 bridgehead atoms. The van der Waals surface area contributed by atoms with E-state index in [1.54, 1.807) is 6.92 Å². The summed E-state index contributed by atoms with van der Waals surface area (Å²) in [6, 6.07) is 0.245. The van der Waals surface area contributed by atoms with E-state index >= 15 is 0 Å². The van der Waals surface area contributed by atoms with Gasteiger partial charge in [-0.1, -0.05) is 20.8 Å². The van der Waals surface area contributed by atoms with Crippen LogP contribution in [0.3, 0.4) is 0 Å². The van der Waals surface area contributed by atoms with Gasteiger partial charge in [0.1, 0.15) is 0 Å². The SMILES string of the molecule is CCS(=O)(=O)CCNC(=O)CNC(C)C. The minimum absolute atomic E-state index is 0.0108. The molecule has 0 saturated carbocycles. The average Bonchev–Trinajstić information content (AvgIpc) is 2.14. The monoisotopic (exact) mass is 236 g/mol. The van der Waals surface area contributed by atoms with Crippen molar-refractivity contribution < 1.29 is 13.2 Å². The van der Waals surface area contributed by atoms with Gasteiger partial charge in [-0.15, -0.1) is 0 Å². The average molecular weight is 236 g/mol. The van der Waals surface area contributed by atoms with Crippen molar-refractivity contribution in [1.82, 2.24) is 10.6 Å². The van der Waals surface area contributed by atoms with Gasteiger partial charge in [-0.25, -0.2) is 8.42 Å². The summed E-state index contributed by atoms with van der Waals surface area (Å²) >= 11 is 0. The Hall–Kier alpha value is -0.620. The highest BCUT2D eigenvalue weighted by Gasteiger charge is 2.08. The van der Waals surface area contributed by atoms with Crippen LogP contribution in [-0.2, 0) is 14.6 Å². The Kier molecular flexibility index (Phi) is 6.51. The second kappa shape index (κ2) is 6.79. The molecule has 0 aliphatic carbocycles. The molecule has 2 N–H and O–H groups in total. The number of carbonyl (C=O) groups excluding carboxylic acids is 1. The van der Waals surface area contributed by atoms with Crippen molar-refractivity contribution in [3.63, 3.8) is 0 Å². The first-order valence-corrected chi connectivity index (χ1v) is 6.90. The van der Waals surface area contributed by atoms with Crippen LogP contribution in [0.2, 0.25) is 0 Å². The van der Waals surface area contributed by atoms with Gasteiger partial charge in [0, 0.05) is 18.3 Å². The molecule has 6 heteroatoms. The molecule has 90 valence electrons. The molecule has 0 aromatic heterocycles. The van der Waals surface area contributed by atoms with Crippen LogP contribution in [0, 0.1) is 0 Å². The van der Waals surface area contributed by atoms with E-state index in [0.717, 1.165) is 0 Å². The standard InChI is InChI=1S/C9H20N2O3S/c1-4-15(13,14)6-5-10-9(12)7-11-8(2)3/h8,11H,4-7H2,1-3H3,(H,10,12). The van der Waals surface area contributed by atoms with Crippen LogP contribution in [0.25, 0.3) is 0 Å². The molecular weight excluding hydrogens is 216 g/mol. The van der Waals surface area contributed by atoms with Crippen LogP contribution in [0.4, 0.5) is 0 Å². The van der Waals surface area contributed by atoms with Gasteiger partial charge in [-0.2, -0.15) is 0 Å². The molecule has 0 heterocycles. The summed E-state index contributed by atoms with van der Waals surface area (Å²) in [5.41, 5.74) is 0. The van der Waals surface area contributed by atoms with Gasteiger partial charge in [-0.3, -0.25) is 4.79 Å². The Balaban J connectivity index is 3.65. The summed E-state index contributed by atoms with van der Waals surface area (Å²) in [5, 5.41) is 5.49. The molecule has 0 aromatic rings. The number of hydrogen-bond acceptors (Lipinski definition) is 4. The van der Waals surface area contributed by atoms with Crippen molar-refractivity contribution in [3.8, 4) is 0 Å². The fourth-order valence-electron chi connectivity index (χ4n) is 0.850. The van der Waals surface area contributed by atoms with E-state index < -0.39 is 9.84 Å². The largest absolute Gasteiger partial charge is 0.354 e. The van der Waals surface area contributed by atoms with E-state index in [4.69, 9.17) is 0 Å². The number of rotatable bonds is 7. The third-order valence-electron chi connectivity index (χ3n) is 1.85. The molecule has 1 amide bonds. The van der Waals surface area contributed by atoms with Gasteiger partial charge >= 0.3 is 0 Å². The van der Waals surface area contributed by atoms with Gasteiger partial charge < -0.3 is 10.6 Å². The number of sulfone groups is 1. The molecule has 5 nitrogen and oxygen atoms in total. The molecule has 0 spiro atoms. The van der Waals surface area contributed by atoms with Crippen LogP contribution in [0.15, 0.2) is 0 Å². The molecule has 0 atom stereocenters. The molecule has 15 heavy (non-hydrogen) atoms. The van der Waals surface area contributed by atoms with Gasteiger partial charge in [0.2, 0.25) is 5.91 Å². The van der Waals surface area contributed by atoms with Crippen molar-refractivity contribution in [2.45, 2.75) is 26.8 Å². The van der Waals surface area contributed by atoms with Crippen molar-refractivity contribution in [2.75, 3.05) is 24.6 Å². The maximum atomic E-state index is 11.2.